The number of benzene rings is 2. The molecule has 0 saturated heterocycles. The maximum absolute atomic E-state index is 11.6. The minimum Gasteiger partial charge on any atom is -0.462 e. The number of Topliss-reactive ketones (excluding diaryl/α,β-unsaturated/α-hetero) is 1. The van der Waals surface area contributed by atoms with Crippen molar-refractivity contribution in [2.45, 2.75) is 56.3 Å². The van der Waals surface area contributed by atoms with Crippen LogP contribution < -0.4 is 5.73 Å². The van der Waals surface area contributed by atoms with E-state index in [-0.39, 0.29) is 29.1 Å². The van der Waals surface area contributed by atoms with Gasteiger partial charge in [0, 0.05) is 58.5 Å². The molecule has 2 fully saturated rings. The summed E-state index contributed by atoms with van der Waals surface area (Å²) < 4.78 is 4.93. The van der Waals surface area contributed by atoms with Crippen molar-refractivity contribution in [1.29, 1.82) is 0 Å². The number of carbonyl (C=O) groups is 2. The fraction of sp³-hybridized carbons (Fsp3) is 0.333. The van der Waals surface area contributed by atoms with Crippen molar-refractivity contribution in [3.63, 3.8) is 0 Å². The predicted octanol–water partition coefficient (Wildman–Crippen LogP) is 6.13. The van der Waals surface area contributed by atoms with Gasteiger partial charge in [-0.05, 0) is 68.0 Å². The topological polar surface area (TPSA) is 121 Å². The van der Waals surface area contributed by atoms with Crippen LogP contribution in [0.5, 0.6) is 0 Å². The SMILES string of the molecule is CCOC(=O)c1cnc(CC2(c3cccc(Cl)c3)CC2)nc1.NCC(=O)c1cnc(CC2(c3cccc(Cl)c3)CC2)nc1. The van der Waals surface area contributed by atoms with Gasteiger partial charge in [-0.15, -0.1) is 0 Å². The lowest BCUT2D eigenvalue weighted by Crippen LogP contribution is -2.16. The first-order valence-corrected chi connectivity index (χ1v) is 15.1. The van der Waals surface area contributed by atoms with Crippen LogP contribution in [-0.2, 0) is 28.4 Å². The number of halogens is 2. The minimum atomic E-state index is -0.384. The fourth-order valence-electron chi connectivity index (χ4n) is 5.15. The van der Waals surface area contributed by atoms with E-state index in [1.807, 2.05) is 36.4 Å². The highest BCUT2D eigenvalue weighted by Gasteiger charge is 2.45. The number of esters is 1. The molecule has 2 N–H and O–H groups in total. The molecule has 2 aliphatic rings. The molecular weight excluding hydrogens is 585 g/mol. The highest BCUT2D eigenvalue weighted by molar-refractivity contribution is 6.30. The Bertz CT molecular complexity index is 1590. The van der Waals surface area contributed by atoms with Gasteiger partial charge in [0.2, 0.25) is 0 Å². The van der Waals surface area contributed by atoms with E-state index in [0.717, 1.165) is 60.2 Å². The zero-order valence-electron chi connectivity index (χ0n) is 23.9. The molecule has 2 saturated carbocycles. The zero-order chi connectivity index (χ0) is 30.5. The number of hydrogen-bond acceptors (Lipinski definition) is 8. The molecule has 0 radical (unpaired) electrons. The molecule has 8 nitrogen and oxygen atoms in total. The van der Waals surface area contributed by atoms with E-state index in [4.69, 9.17) is 33.7 Å². The Hall–Kier alpha value is -3.72. The van der Waals surface area contributed by atoms with E-state index >= 15 is 0 Å². The zero-order valence-corrected chi connectivity index (χ0v) is 25.4. The van der Waals surface area contributed by atoms with E-state index < -0.39 is 0 Å². The van der Waals surface area contributed by atoms with Crippen LogP contribution in [0.3, 0.4) is 0 Å². The van der Waals surface area contributed by atoms with Gasteiger partial charge in [0.15, 0.2) is 5.78 Å². The first-order chi connectivity index (χ1) is 20.8. The number of hydrogen-bond donors (Lipinski definition) is 1. The molecule has 10 heteroatoms. The summed E-state index contributed by atoms with van der Waals surface area (Å²) in [6.45, 7) is 2.10. The summed E-state index contributed by atoms with van der Waals surface area (Å²) >= 11 is 12.2. The summed E-state index contributed by atoms with van der Waals surface area (Å²) in [5.74, 6) is 0.967. The molecule has 2 aromatic carbocycles. The van der Waals surface area contributed by atoms with Crippen LogP contribution in [0.25, 0.3) is 0 Å². The van der Waals surface area contributed by atoms with Gasteiger partial charge in [-0.3, -0.25) is 4.79 Å². The highest BCUT2D eigenvalue weighted by atomic mass is 35.5. The molecule has 0 atom stereocenters. The maximum Gasteiger partial charge on any atom is 0.341 e. The van der Waals surface area contributed by atoms with Crippen LogP contribution in [0.4, 0.5) is 0 Å². The van der Waals surface area contributed by atoms with Gasteiger partial charge in [-0.25, -0.2) is 24.7 Å². The van der Waals surface area contributed by atoms with Gasteiger partial charge >= 0.3 is 5.97 Å². The first-order valence-electron chi connectivity index (χ1n) is 14.3. The molecule has 2 aliphatic carbocycles. The van der Waals surface area contributed by atoms with Gasteiger partial charge in [0.05, 0.1) is 24.3 Å². The number of rotatable bonds is 10. The average Bonchev–Trinajstić information content (AvgIpc) is 3.96. The van der Waals surface area contributed by atoms with E-state index in [1.165, 1.54) is 23.5 Å². The second-order valence-corrected chi connectivity index (χ2v) is 11.9. The number of ketones is 1. The average molecular weight is 619 g/mol. The van der Waals surface area contributed by atoms with Crippen molar-refractivity contribution in [2.75, 3.05) is 13.2 Å². The van der Waals surface area contributed by atoms with Crippen molar-refractivity contribution in [1.82, 2.24) is 19.9 Å². The summed E-state index contributed by atoms with van der Waals surface area (Å²) in [5, 5.41) is 1.51. The molecule has 0 aliphatic heterocycles. The summed E-state index contributed by atoms with van der Waals surface area (Å²) in [6.07, 6.45) is 12.2. The maximum atomic E-state index is 11.6. The molecule has 2 aromatic heterocycles. The quantitative estimate of drug-likeness (QED) is 0.167. The third kappa shape index (κ3) is 7.63. The van der Waals surface area contributed by atoms with Gasteiger partial charge in [-0.2, -0.15) is 0 Å². The van der Waals surface area contributed by atoms with Crippen LogP contribution in [0.15, 0.2) is 73.3 Å². The molecule has 0 bridgehead atoms. The molecule has 43 heavy (non-hydrogen) atoms. The lowest BCUT2D eigenvalue weighted by Gasteiger charge is -2.15. The van der Waals surface area contributed by atoms with Crippen molar-refractivity contribution >= 4 is 35.0 Å². The number of nitrogens with zero attached hydrogens (tertiary/aromatic N) is 4. The number of carbonyl (C=O) groups excluding carboxylic acids is 2. The third-order valence-electron chi connectivity index (χ3n) is 8.00. The van der Waals surface area contributed by atoms with E-state index in [9.17, 15) is 9.59 Å². The molecule has 2 heterocycles. The summed E-state index contributed by atoms with van der Waals surface area (Å²) in [5.41, 5.74) is 8.85. The van der Waals surface area contributed by atoms with Crippen molar-refractivity contribution < 1.29 is 14.3 Å². The smallest absolute Gasteiger partial charge is 0.341 e. The van der Waals surface area contributed by atoms with Crippen LogP contribution in [0.2, 0.25) is 10.0 Å². The Morgan fingerprint density at radius 3 is 1.58 bits per heavy atom. The van der Waals surface area contributed by atoms with E-state index in [0.29, 0.717) is 17.7 Å². The van der Waals surface area contributed by atoms with Crippen molar-refractivity contribution in [3.05, 3.63) is 117 Å². The standard InChI is InChI=1S/C17H17ClN2O2.C16H16ClN3O/c1-2-22-16(21)12-10-19-15(20-11-12)9-17(6-7-17)13-4-3-5-14(18)8-13;17-13-3-1-2-12(6-13)16(4-5-16)7-15-19-9-11(10-20-15)14(21)8-18/h3-5,8,10-11H,2,6-7,9H2,1H3;1-3,6,9-10H,4-5,7-8,18H2. The molecule has 222 valence electrons. The molecule has 0 amide bonds. The van der Waals surface area contributed by atoms with Gasteiger partial charge in [0.25, 0.3) is 0 Å². The largest absolute Gasteiger partial charge is 0.462 e. The molecule has 6 rings (SSSR count). The first kappa shape index (κ1) is 30.7. The summed E-state index contributed by atoms with van der Waals surface area (Å²) in [6, 6.07) is 15.9. The van der Waals surface area contributed by atoms with Gasteiger partial charge in [0.1, 0.15) is 11.6 Å². The second-order valence-electron chi connectivity index (χ2n) is 11.1. The van der Waals surface area contributed by atoms with Crippen LogP contribution in [-0.4, -0.2) is 44.8 Å². The number of nitrogens with two attached hydrogens (primary N) is 1. The summed E-state index contributed by atoms with van der Waals surface area (Å²) in [7, 11) is 0. The lowest BCUT2D eigenvalue weighted by molar-refractivity contribution is 0.0525. The minimum absolute atomic E-state index is 0.0187. The van der Waals surface area contributed by atoms with Crippen LogP contribution in [0, 0.1) is 0 Å². The number of aromatic nitrogens is 4. The Kier molecular flexibility index (Phi) is 9.49. The normalized spacial score (nSPS) is 15.5. The van der Waals surface area contributed by atoms with E-state index in [2.05, 4.69) is 32.1 Å². The third-order valence-corrected chi connectivity index (χ3v) is 8.47. The van der Waals surface area contributed by atoms with Crippen LogP contribution >= 0.6 is 23.2 Å². The molecule has 4 aromatic rings. The fourth-order valence-corrected chi connectivity index (χ4v) is 5.53. The molecule has 0 unspecified atom stereocenters. The van der Waals surface area contributed by atoms with Crippen LogP contribution in [0.1, 0.15) is 76.1 Å². The van der Waals surface area contributed by atoms with E-state index in [1.54, 1.807) is 19.3 Å². The molecule has 0 spiro atoms. The van der Waals surface area contributed by atoms with Gasteiger partial charge in [-0.1, -0.05) is 47.5 Å². The Balaban J connectivity index is 0.000000171. The Morgan fingerprint density at radius 1 is 0.767 bits per heavy atom. The number of ether oxygens (including phenoxy) is 1. The van der Waals surface area contributed by atoms with Gasteiger partial charge < -0.3 is 10.5 Å². The summed E-state index contributed by atoms with van der Waals surface area (Å²) in [4.78, 5) is 40.3. The lowest BCUT2D eigenvalue weighted by atomic mass is 9.92. The monoisotopic (exact) mass is 617 g/mol. The highest BCUT2D eigenvalue weighted by Crippen LogP contribution is 2.51. The Morgan fingerprint density at radius 2 is 1.21 bits per heavy atom. The van der Waals surface area contributed by atoms with Crippen molar-refractivity contribution in [3.8, 4) is 0 Å². The van der Waals surface area contributed by atoms with Crippen molar-refractivity contribution in [2.24, 2.45) is 5.73 Å². The molecular formula is C33H33Cl2N5O3. The Labute approximate surface area is 261 Å². The second kappa shape index (κ2) is 13.3. The predicted molar refractivity (Wildman–Crippen MR) is 166 cm³/mol.